The fourth-order valence-electron chi connectivity index (χ4n) is 4.35. The van der Waals surface area contributed by atoms with Gasteiger partial charge >= 0.3 is 18.3 Å². The summed E-state index contributed by atoms with van der Waals surface area (Å²) in [4.78, 5) is 38.6. The molecule has 17 heteroatoms. The second kappa shape index (κ2) is 15.1. The molecule has 0 radical (unpaired) electrons. The van der Waals surface area contributed by atoms with E-state index in [0.29, 0.717) is 18.8 Å². The lowest BCUT2D eigenvalue weighted by Gasteiger charge is -2.34. The summed E-state index contributed by atoms with van der Waals surface area (Å²) in [6.07, 6.45) is -9.67. The number of aliphatic carboxylic acids is 1. The number of carboxylic acids is 1. The van der Waals surface area contributed by atoms with Crippen LogP contribution in [0.1, 0.15) is 44.7 Å². The molecule has 0 unspecified atom stereocenters. The monoisotopic (exact) mass is 659 g/mol. The highest BCUT2D eigenvalue weighted by atomic mass is 19.4. The Hall–Kier alpha value is -4.64. The summed E-state index contributed by atoms with van der Waals surface area (Å²) in [6.45, 7) is 7.79. The van der Waals surface area contributed by atoms with Gasteiger partial charge in [0.15, 0.2) is 5.69 Å². The molecule has 3 N–H and O–H groups in total. The van der Waals surface area contributed by atoms with Crippen molar-refractivity contribution in [3.63, 3.8) is 0 Å². The largest absolute Gasteiger partial charge is 0.497 e. The molecule has 1 fully saturated rings. The van der Waals surface area contributed by atoms with Crippen molar-refractivity contribution in [2.75, 3.05) is 50.5 Å². The van der Waals surface area contributed by atoms with Crippen molar-refractivity contribution in [1.82, 2.24) is 15.0 Å². The first kappa shape index (κ1) is 35.8. The van der Waals surface area contributed by atoms with E-state index in [2.05, 4.69) is 27.6 Å². The number of anilines is 2. The molecule has 2 aromatic carbocycles. The van der Waals surface area contributed by atoms with Gasteiger partial charge in [-0.15, -0.1) is 0 Å². The average molecular weight is 660 g/mol. The number of amides is 2. The Morgan fingerprint density at radius 1 is 0.913 bits per heavy atom. The number of hydrogen-bond donors (Lipinski definition) is 3. The first-order valence-electron chi connectivity index (χ1n) is 13.7. The van der Waals surface area contributed by atoms with Gasteiger partial charge in [-0.25, -0.2) is 4.79 Å². The Bertz CT molecular complexity index is 1530. The van der Waals surface area contributed by atoms with Gasteiger partial charge in [-0.1, -0.05) is 18.1 Å². The minimum atomic E-state index is -5.08. The van der Waals surface area contributed by atoms with Gasteiger partial charge in [-0.05, 0) is 43.3 Å². The zero-order chi connectivity index (χ0) is 34.2. The molecule has 11 nitrogen and oxygen atoms in total. The van der Waals surface area contributed by atoms with E-state index in [0.717, 1.165) is 25.7 Å². The number of aryl methyl sites for hydroxylation is 1. The van der Waals surface area contributed by atoms with Gasteiger partial charge in [0, 0.05) is 61.8 Å². The highest BCUT2D eigenvalue weighted by Gasteiger charge is 2.38. The van der Waals surface area contributed by atoms with Gasteiger partial charge in [0.25, 0.3) is 11.8 Å². The highest BCUT2D eigenvalue weighted by molar-refractivity contribution is 6.07. The summed E-state index contributed by atoms with van der Waals surface area (Å²) in [6, 6.07) is 9.57. The van der Waals surface area contributed by atoms with Crippen molar-refractivity contribution in [2.45, 2.75) is 32.7 Å². The van der Waals surface area contributed by atoms with Crippen LogP contribution in [0.2, 0.25) is 0 Å². The molecule has 0 aliphatic carbocycles. The Balaban J connectivity index is 0.000000738. The second-order valence-corrected chi connectivity index (χ2v) is 10.1. The number of likely N-dealkylation sites (N-methyl/N-ethyl adjacent to an activating group) is 1. The third-order valence-corrected chi connectivity index (χ3v) is 6.74. The van der Waals surface area contributed by atoms with E-state index in [9.17, 15) is 35.9 Å². The fraction of sp³-hybridized carbons (Fsp3) is 0.379. The topological polar surface area (TPSA) is 137 Å². The summed E-state index contributed by atoms with van der Waals surface area (Å²) < 4.78 is 83.8. The van der Waals surface area contributed by atoms with Crippen LogP contribution < -0.4 is 15.4 Å². The Morgan fingerprint density at radius 3 is 2.04 bits per heavy atom. The number of carboxylic acid groups (broad SMARTS) is 1. The van der Waals surface area contributed by atoms with Crippen LogP contribution in [-0.2, 0) is 17.5 Å². The third kappa shape index (κ3) is 10.2. The molecule has 1 aliphatic rings. The van der Waals surface area contributed by atoms with Crippen LogP contribution in [0.5, 0.6) is 5.75 Å². The molecule has 1 aliphatic heterocycles. The van der Waals surface area contributed by atoms with Crippen molar-refractivity contribution in [3.05, 3.63) is 70.6 Å². The second-order valence-electron chi connectivity index (χ2n) is 10.1. The van der Waals surface area contributed by atoms with Crippen LogP contribution >= 0.6 is 0 Å². The number of carbonyl (C=O) groups excluding carboxylic acids is 2. The van der Waals surface area contributed by atoms with Gasteiger partial charge in [0.1, 0.15) is 11.5 Å². The normalized spacial score (nSPS) is 14.2. The summed E-state index contributed by atoms with van der Waals surface area (Å²) in [7, 11) is 1.39. The minimum Gasteiger partial charge on any atom is -0.497 e. The number of carbonyl (C=O) groups is 3. The smallest absolute Gasteiger partial charge is 0.490 e. The standard InChI is InChI=1S/C27H30F3N5O4.C2HF3O2/c1-4-34-7-9-35(10-8-34)16-18-5-6-20(15-23(18)27(28,29)30)31-25(36)19-12-21(14-22(13-19)38-3)32-26(37)24-11-17(2)39-33-24;3-2(4,5)1(6)7/h5-6,11-15H,4,7-10,16H2,1-3H3,(H,31,36)(H,32,37);(H,6,7). The summed E-state index contributed by atoms with van der Waals surface area (Å²) >= 11 is 0. The van der Waals surface area contributed by atoms with Gasteiger partial charge < -0.3 is 29.9 Å². The van der Waals surface area contributed by atoms with Crippen LogP contribution in [0.15, 0.2) is 47.0 Å². The maximum absolute atomic E-state index is 14.0. The number of benzene rings is 2. The molecule has 0 saturated carbocycles. The van der Waals surface area contributed by atoms with E-state index >= 15 is 0 Å². The minimum absolute atomic E-state index is 0.00152. The summed E-state index contributed by atoms with van der Waals surface area (Å²) in [5.74, 6) is -3.27. The van der Waals surface area contributed by atoms with E-state index in [-0.39, 0.29) is 40.5 Å². The molecule has 46 heavy (non-hydrogen) atoms. The molecule has 0 atom stereocenters. The van der Waals surface area contributed by atoms with Crippen molar-refractivity contribution in [3.8, 4) is 5.75 Å². The van der Waals surface area contributed by atoms with Crippen molar-refractivity contribution < 1.29 is 55.1 Å². The molecule has 2 amide bonds. The third-order valence-electron chi connectivity index (χ3n) is 6.74. The van der Waals surface area contributed by atoms with Crippen LogP contribution in [0.25, 0.3) is 0 Å². The van der Waals surface area contributed by atoms with E-state index in [1.54, 1.807) is 6.92 Å². The van der Waals surface area contributed by atoms with Gasteiger partial charge in [0.05, 0.1) is 12.7 Å². The maximum Gasteiger partial charge on any atom is 0.490 e. The molecule has 250 valence electrons. The van der Waals surface area contributed by atoms with Crippen LogP contribution in [-0.4, -0.2) is 83.9 Å². The number of nitrogens with zero attached hydrogens (tertiary/aromatic N) is 3. The molecule has 2 heterocycles. The lowest BCUT2D eigenvalue weighted by atomic mass is 10.0. The van der Waals surface area contributed by atoms with E-state index in [1.165, 1.54) is 43.5 Å². The number of alkyl halides is 6. The number of hydrogen-bond acceptors (Lipinski definition) is 8. The predicted octanol–water partition coefficient (Wildman–Crippen LogP) is 5.29. The Morgan fingerprint density at radius 2 is 1.52 bits per heavy atom. The number of ether oxygens (including phenoxy) is 1. The van der Waals surface area contributed by atoms with Crippen molar-refractivity contribution in [2.24, 2.45) is 0 Å². The Kier molecular flexibility index (Phi) is 11.8. The highest BCUT2D eigenvalue weighted by Crippen LogP contribution is 2.35. The number of aromatic nitrogens is 1. The number of halogens is 6. The molecule has 1 saturated heterocycles. The molecular formula is C29H31F6N5O6. The van der Waals surface area contributed by atoms with Crippen molar-refractivity contribution >= 4 is 29.2 Å². The lowest BCUT2D eigenvalue weighted by molar-refractivity contribution is -0.192. The van der Waals surface area contributed by atoms with E-state index in [1.807, 2.05) is 4.90 Å². The van der Waals surface area contributed by atoms with Crippen LogP contribution in [0.4, 0.5) is 37.7 Å². The predicted molar refractivity (Wildman–Crippen MR) is 153 cm³/mol. The number of rotatable bonds is 8. The number of piperazine rings is 1. The Labute approximate surface area is 259 Å². The fourth-order valence-corrected chi connectivity index (χ4v) is 4.35. The van der Waals surface area contributed by atoms with Gasteiger partial charge in [0.2, 0.25) is 0 Å². The molecule has 1 aromatic heterocycles. The summed E-state index contributed by atoms with van der Waals surface area (Å²) in [5, 5.41) is 15.9. The quantitative estimate of drug-likeness (QED) is 0.276. The maximum atomic E-state index is 14.0. The van der Waals surface area contributed by atoms with Gasteiger partial charge in [-0.3, -0.25) is 14.5 Å². The SMILES string of the molecule is CCN1CCN(Cc2ccc(NC(=O)c3cc(NC(=O)c4cc(C)on4)cc(OC)c3)cc2C(F)(F)F)CC1.O=C(O)C(F)(F)F. The lowest BCUT2D eigenvalue weighted by Crippen LogP contribution is -2.45. The first-order chi connectivity index (χ1) is 21.5. The number of methoxy groups -OCH3 is 1. The van der Waals surface area contributed by atoms with Crippen LogP contribution in [0.3, 0.4) is 0 Å². The van der Waals surface area contributed by atoms with E-state index in [4.69, 9.17) is 19.2 Å². The summed E-state index contributed by atoms with van der Waals surface area (Å²) in [5.41, 5.74) is -0.279. The zero-order valence-electron chi connectivity index (χ0n) is 24.9. The first-order valence-corrected chi connectivity index (χ1v) is 13.7. The average Bonchev–Trinajstić information content (AvgIpc) is 3.43. The van der Waals surface area contributed by atoms with Crippen molar-refractivity contribution in [1.29, 1.82) is 0 Å². The molecular weight excluding hydrogens is 628 g/mol. The zero-order valence-corrected chi connectivity index (χ0v) is 24.9. The van der Waals surface area contributed by atoms with Crippen LogP contribution in [0, 0.1) is 6.92 Å². The van der Waals surface area contributed by atoms with E-state index < -0.39 is 35.7 Å². The molecule has 0 bridgehead atoms. The molecule has 3 aromatic rings. The number of nitrogens with one attached hydrogen (secondary N) is 2. The van der Waals surface area contributed by atoms with Gasteiger partial charge in [-0.2, -0.15) is 26.3 Å². The molecule has 4 rings (SSSR count). The molecule has 0 spiro atoms.